The highest BCUT2D eigenvalue weighted by molar-refractivity contribution is 5.96. The fourth-order valence-electron chi connectivity index (χ4n) is 3.96. The zero-order valence-corrected chi connectivity index (χ0v) is 14.1. The summed E-state index contributed by atoms with van der Waals surface area (Å²) in [5, 5.41) is 13.4. The minimum Gasteiger partial charge on any atom is -0.343 e. The molecule has 7 nitrogen and oxygen atoms in total. The molecule has 1 N–H and O–H groups in total. The molecule has 1 aliphatic heterocycles. The molecule has 1 aliphatic carbocycles. The van der Waals surface area contributed by atoms with Crippen molar-refractivity contribution < 1.29 is 14.5 Å². The van der Waals surface area contributed by atoms with Crippen molar-refractivity contribution in [3.05, 3.63) is 39.9 Å². The van der Waals surface area contributed by atoms with Crippen LogP contribution in [0.3, 0.4) is 0 Å². The fourth-order valence-corrected chi connectivity index (χ4v) is 3.96. The van der Waals surface area contributed by atoms with Gasteiger partial charge in [0.15, 0.2) is 0 Å². The van der Waals surface area contributed by atoms with Gasteiger partial charge < -0.3 is 10.2 Å². The first-order chi connectivity index (χ1) is 12.0. The number of nitrogens with one attached hydrogen (secondary N) is 1. The zero-order chi connectivity index (χ0) is 17.8. The number of nitrogens with zero attached hydrogens (tertiary/aromatic N) is 2. The van der Waals surface area contributed by atoms with E-state index in [9.17, 15) is 19.7 Å². The van der Waals surface area contributed by atoms with Gasteiger partial charge in [-0.2, -0.15) is 0 Å². The van der Waals surface area contributed by atoms with Crippen molar-refractivity contribution in [1.29, 1.82) is 0 Å². The van der Waals surface area contributed by atoms with Crippen LogP contribution in [0, 0.1) is 22.0 Å². The highest BCUT2D eigenvalue weighted by atomic mass is 16.6. The summed E-state index contributed by atoms with van der Waals surface area (Å²) >= 11 is 0. The Morgan fingerprint density at radius 2 is 1.96 bits per heavy atom. The van der Waals surface area contributed by atoms with E-state index in [-0.39, 0.29) is 23.7 Å². The number of benzene rings is 1. The summed E-state index contributed by atoms with van der Waals surface area (Å²) in [5.74, 6) is 0.795. The van der Waals surface area contributed by atoms with Gasteiger partial charge in [-0.3, -0.25) is 19.7 Å². The summed E-state index contributed by atoms with van der Waals surface area (Å²) in [5.41, 5.74) is 0.0475. The molecule has 0 radical (unpaired) electrons. The second-order valence-corrected chi connectivity index (χ2v) is 6.92. The van der Waals surface area contributed by atoms with E-state index in [1.165, 1.54) is 49.9 Å². The van der Waals surface area contributed by atoms with Crippen molar-refractivity contribution in [2.24, 2.45) is 11.8 Å². The Morgan fingerprint density at radius 3 is 2.72 bits per heavy atom. The van der Waals surface area contributed by atoms with E-state index in [0.29, 0.717) is 5.92 Å². The van der Waals surface area contributed by atoms with Gasteiger partial charge in [0, 0.05) is 30.8 Å². The lowest BCUT2D eigenvalue weighted by atomic mass is 9.75. The summed E-state index contributed by atoms with van der Waals surface area (Å²) in [6, 6.07) is 5.51. The van der Waals surface area contributed by atoms with Gasteiger partial charge in [-0.05, 0) is 30.7 Å². The Bertz CT molecular complexity index is 676. The molecule has 0 spiro atoms. The lowest BCUT2D eigenvalue weighted by Gasteiger charge is -2.41. The summed E-state index contributed by atoms with van der Waals surface area (Å²) in [6.07, 6.45) is 6.06. The number of nitro groups is 1. The van der Waals surface area contributed by atoms with E-state index in [1.807, 2.05) is 4.90 Å². The summed E-state index contributed by atoms with van der Waals surface area (Å²) in [6.45, 7) is 1.47. The van der Waals surface area contributed by atoms with Gasteiger partial charge in [0.25, 0.3) is 11.6 Å². The molecule has 0 unspecified atom stereocenters. The molecular weight excluding hydrogens is 322 g/mol. The van der Waals surface area contributed by atoms with Crippen LogP contribution in [0.2, 0.25) is 0 Å². The van der Waals surface area contributed by atoms with E-state index in [2.05, 4.69) is 5.32 Å². The molecule has 3 rings (SSSR count). The third kappa shape index (κ3) is 4.15. The van der Waals surface area contributed by atoms with Crippen molar-refractivity contribution in [3.63, 3.8) is 0 Å². The molecule has 7 heteroatoms. The Labute approximate surface area is 146 Å². The number of nitro benzene ring substituents is 1. The Hall–Kier alpha value is -2.44. The average molecular weight is 345 g/mol. The third-order valence-corrected chi connectivity index (χ3v) is 5.36. The molecule has 1 saturated heterocycles. The van der Waals surface area contributed by atoms with E-state index < -0.39 is 10.8 Å². The van der Waals surface area contributed by atoms with Crippen LogP contribution < -0.4 is 5.32 Å². The van der Waals surface area contributed by atoms with Crippen molar-refractivity contribution in [2.75, 3.05) is 19.6 Å². The fraction of sp³-hybridized carbons (Fsp3) is 0.556. The maximum Gasteiger partial charge on any atom is 0.270 e. The molecule has 0 aromatic heterocycles. The van der Waals surface area contributed by atoms with Crippen molar-refractivity contribution in [1.82, 2.24) is 10.2 Å². The number of likely N-dealkylation sites (tertiary alicyclic amines) is 1. The van der Waals surface area contributed by atoms with Crippen LogP contribution in [-0.2, 0) is 4.79 Å². The third-order valence-electron chi connectivity index (χ3n) is 5.36. The number of piperidine rings is 1. The standard InChI is InChI=1S/C18H23N3O4/c22-17(20-9-8-13-4-1-2-5-15(13)12-20)11-19-18(23)14-6-3-7-16(10-14)21(24)25/h3,6-7,10,13,15H,1-2,4-5,8-9,11-12H2,(H,19,23)/t13-,15+/m1/s1. The molecule has 25 heavy (non-hydrogen) atoms. The average Bonchev–Trinajstić information content (AvgIpc) is 2.65. The number of hydrogen-bond acceptors (Lipinski definition) is 4. The predicted molar refractivity (Wildman–Crippen MR) is 92.1 cm³/mol. The van der Waals surface area contributed by atoms with Gasteiger partial charge in [0.2, 0.25) is 5.91 Å². The SMILES string of the molecule is O=C(NCC(=O)N1CC[C@H]2CCCC[C@H]2C1)c1cccc([N+](=O)[O-])c1. The molecular formula is C18H23N3O4. The first kappa shape index (κ1) is 17.4. The lowest BCUT2D eigenvalue weighted by molar-refractivity contribution is -0.384. The normalized spacial score (nSPS) is 22.8. The number of rotatable bonds is 4. The molecule has 0 bridgehead atoms. The zero-order valence-electron chi connectivity index (χ0n) is 14.1. The van der Waals surface area contributed by atoms with Crippen LogP contribution in [0.25, 0.3) is 0 Å². The second kappa shape index (κ2) is 7.63. The van der Waals surface area contributed by atoms with Crippen LogP contribution in [0.4, 0.5) is 5.69 Å². The highest BCUT2D eigenvalue weighted by Crippen LogP contribution is 2.35. The van der Waals surface area contributed by atoms with Gasteiger partial charge in [0.1, 0.15) is 0 Å². The van der Waals surface area contributed by atoms with Crippen LogP contribution in [0.15, 0.2) is 24.3 Å². The monoisotopic (exact) mass is 345 g/mol. The number of carbonyl (C=O) groups excluding carboxylic acids is 2. The van der Waals surface area contributed by atoms with E-state index in [0.717, 1.165) is 25.4 Å². The van der Waals surface area contributed by atoms with Gasteiger partial charge in [0.05, 0.1) is 11.5 Å². The Balaban J connectivity index is 1.52. The molecule has 1 saturated carbocycles. The maximum absolute atomic E-state index is 12.4. The van der Waals surface area contributed by atoms with Crippen molar-refractivity contribution in [2.45, 2.75) is 32.1 Å². The highest BCUT2D eigenvalue weighted by Gasteiger charge is 2.32. The molecule has 134 valence electrons. The van der Waals surface area contributed by atoms with Crippen LogP contribution >= 0.6 is 0 Å². The molecule has 1 aromatic carbocycles. The Morgan fingerprint density at radius 1 is 1.20 bits per heavy atom. The second-order valence-electron chi connectivity index (χ2n) is 6.92. The number of fused-ring (bicyclic) bond motifs is 1. The van der Waals surface area contributed by atoms with Gasteiger partial charge in [-0.1, -0.05) is 25.3 Å². The largest absolute Gasteiger partial charge is 0.343 e. The molecule has 2 amide bonds. The first-order valence-electron chi connectivity index (χ1n) is 8.85. The summed E-state index contributed by atoms with van der Waals surface area (Å²) in [4.78, 5) is 36.6. The topological polar surface area (TPSA) is 92.6 Å². The lowest BCUT2D eigenvalue weighted by Crippen LogP contribution is -2.48. The molecule has 1 aromatic rings. The van der Waals surface area contributed by atoms with Crippen LogP contribution in [-0.4, -0.2) is 41.3 Å². The van der Waals surface area contributed by atoms with Crippen molar-refractivity contribution >= 4 is 17.5 Å². The first-order valence-corrected chi connectivity index (χ1v) is 8.85. The molecule has 2 fully saturated rings. The van der Waals surface area contributed by atoms with Gasteiger partial charge >= 0.3 is 0 Å². The van der Waals surface area contributed by atoms with Crippen LogP contribution in [0.1, 0.15) is 42.5 Å². The van der Waals surface area contributed by atoms with Crippen molar-refractivity contribution in [3.8, 4) is 0 Å². The molecule has 2 aliphatic rings. The number of carbonyl (C=O) groups is 2. The predicted octanol–water partition coefficient (Wildman–Crippen LogP) is 2.36. The summed E-state index contributed by atoms with van der Waals surface area (Å²) in [7, 11) is 0. The van der Waals surface area contributed by atoms with Gasteiger partial charge in [-0.25, -0.2) is 0 Å². The van der Waals surface area contributed by atoms with E-state index >= 15 is 0 Å². The van der Waals surface area contributed by atoms with E-state index in [4.69, 9.17) is 0 Å². The van der Waals surface area contributed by atoms with E-state index in [1.54, 1.807) is 0 Å². The minimum absolute atomic E-state index is 0.0705. The number of non-ortho nitro benzene ring substituents is 1. The minimum atomic E-state index is -0.545. The van der Waals surface area contributed by atoms with Crippen LogP contribution in [0.5, 0.6) is 0 Å². The number of amides is 2. The Kier molecular flexibility index (Phi) is 5.31. The smallest absolute Gasteiger partial charge is 0.270 e. The maximum atomic E-state index is 12.4. The quantitative estimate of drug-likeness (QED) is 0.670. The summed E-state index contributed by atoms with van der Waals surface area (Å²) < 4.78 is 0. The van der Waals surface area contributed by atoms with Gasteiger partial charge in [-0.15, -0.1) is 0 Å². The molecule has 1 heterocycles. The molecule has 2 atom stereocenters. The number of hydrogen-bond donors (Lipinski definition) is 1.